The predicted molar refractivity (Wildman–Crippen MR) is 114 cm³/mol. The van der Waals surface area contributed by atoms with Gasteiger partial charge in [0.2, 0.25) is 0 Å². The Morgan fingerprint density at radius 2 is 1.89 bits per heavy atom. The van der Waals surface area contributed by atoms with Crippen LogP contribution < -0.4 is 0 Å². The lowest BCUT2D eigenvalue weighted by Gasteiger charge is -2.43. The molecule has 0 aromatic heterocycles. The molecule has 1 aliphatic heterocycles. The fourth-order valence-electron chi connectivity index (χ4n) is 3.50. The Morgan fingerprint density at radius 1 is 1.29 bits per heavy atom. The highest BCUT2D eigenvalue weighted by Gasteiger charge is 2.58. The molecule has 2 rings (SSSR count). The first kappa shape index (κ1) is 23.1. The Kier molecular flexibility index (Phi) is 7.13. The van der Waals surface area contributed by atoms with Crippen LogP contribution >= 0.6 is 0 Å². The van der Waals surface area contributed by atoms with E-state index in [0.29, 0.717) is 13.3 Å². The molecule has 1 aliphatic rings. The van der Waals surface area contributed by atoms with E-state index in [0.717, 1.165) is 5.56 Å². The summed E-state index contributed by atoms with van der Waals surface area (Å²) in [6.07, 6.45) is -0.284. The molecule has 1 heterocycles. The predicted octanol–water partition coefficient (Wildman–Crippen LogP) is 4.43. The zero-order valence-corrected chi connectivity index (χ0v) is 19.7. The average molecular weight is 408 g/mol. The fraction of sp³-hybridized carbons (Fsp3) is 0.682. The van der Waals surface area contributed by atoms with Crippen molar-refractivity contribution in [3.05, 3.63) is 35.9 Å². The highest BCUT2D eigenvalue weighted by molar-refractivity contribution is 6.74. The maximum Gasteiger partial charge on any atom is 0.331 e. The van der Waals surface area contributed by atoms with Gasteiger partial charge in [-0.2, -0.15) is 0 Å². The standard InChI is InChI=1S/C22H37NO4Si/c1-17(2)19-22(20(24)25-6,15-27-28(7,8)21(3,4)5)23(16-26-19)14-18-12-10-9-11-13-18/h9-13,17,19H,14-16H2,1-8H3/t19-,22+/m0/s1. The summed E-state index contributed by atoms with van der Waals surface area (Å²) in [5, 5.41) is 0.0569. The molecule has 2 atom stereocenters. The quantitative estimate of drug-likeness (QED) is 0.494. The molecule has 1 aromatic rings. The van der Waals surface area contributed by atoms with Crippen LogP contribution in [0.15, 0.2) is 30.3 Å². The Bertz CT molecular complexity index is 656. The smallest absolute Gasteiger partial charge is 0.331 e. The molecule has 0 radical (unpaired) electrons. The molecular formula is C22H37NO4Si. The maximum atomic E-state index is 13.2. The van der Waals surface area contributed by atoms with Crippen LogP contribution in [0, 0.1) is 5.92 Å². The lowest BCUT2D eigenvalue weighted by molar-refractivity contribution is -0.159. The molecule has 1 aromatic carbocycles. The molecular weight excluding hydrogens is 370 g/mol. The summed E-state index contributed by atoms with van der Waals surface area (Å²) in [6.45, 7) is 16.5. The van der Waals surface area contributed by atoms with Crippen LogP contribution in [0.1, 0.15) is 40.2 Å². The lowest BCUT2D eigenvalue weighted by atomic mass is 9.85. The van der Waals surface area contributed by atoms with Crippen LogP contribution in [0.25, 0.3) is 0 Å². The van der Waals surface area contributed by atoms with E-state index in [9.17, 15) is 4.79 Å². The van der Waals surface area contributed by atoms with Gasteiger partial charge in [0, 0.05) is 6.54 Å². The Morgan fingerprint density at radius 3 is 2.39 bits per heavy atom. The second kappa shape index (κ2) is 8.65. The zero-order chi connectivity index (χ0) is 21.2. The number of rotatable bonds is 7. The van der Waals surface area contributed by atoms with Crippen molar-refractivity contribution in [3.8, 4) is 0 Å². The van der Waals surface area contributed by atoms with Gasteiger partial charge in [-0.15, -0.1) is 0 Å². The summed E-state index contributed by atoms with van der Waals surface area (Å²) in [5.41, 5.74) is 0.185. The lowest BCUT2D eigenvalue weighted by Crippen LogP contribution is -2.63. The minimum absolute atomic E-state index is 0.0569. The zero-order valence-electron chi connectivity index (χ0n) is 18.7. The monoisotopic (exact) mass is 407 g/mol. The average Bonchev–Trinajstić information content (AvgIpc) is 2.98. The van der Waals surface area contributed by atoms with Crippen LogP contribution in [-0.4, -0.2) is 51.3 Å². The van der Waals surface area contributed by atoms with E-state index in [-0.39, 0.29) is 29.6 Å². The topological polar surface area (TPSA) is 48.0 Å². The SMILES string of the molecule is COC(=O)[C@@]1(CO[Si](C)(C)C(C)(C)C)[C@H](C(C)C)OCN1Cc1ccccc1. The van der Waals surface area contributed by atoms with E-state index in [4.69, 9.17) is 13.9 Å². The number of carbonyl (C=O) groups excluding carboxylic acids is 1. The third-order valence-corrected chi connectivity index (χ3v) is 10.7. The van der Waals surface area contributed by atoms with Crippen LogP contribution in [0.5, 0.6) is 0 Å². The van der Waals surface area contributed by atoms with Gasteiger partial charge >= 0.3 is 5.97 Å². The summed E-state index contributed by atoms with van der Waals surface area (Å²) in [7, 11) is -0.603. The van der Waals surface area contributed by atoms with Crippen molar-refractivity contribution in [1.82, 2.24) is 4.90 Å². The van der Waals surface area contributed by atoms with Crippen LogP contribution in [0.2, 0.25) is 18.1 Å². The van der Waals surface area contributed by atoms with Crippen LogP contribution in [0.4, 0.5) is 0 Å². The number of esters is 1. The van der Waals surface area contributed by atoms with Crippen molar-refractivity contribution in [2.24, 2.45) is 5.92 Å². The van der Waals surface area contributed by atoms with Gasteiger partial charge in [0.05, 0.1) is 19.8 Å². The molecule has 0 N–H and O–H groups in total. The second-order valence-corrected chi connectivity index (χ2v) is 14.4. The fourth-order valence-corrected chi connectivity index (χ4v) is 4.51. The number of carbonyl (C=O) groups is 1. The minimum atomic E-state index is -2.05. The van der Waals surface area contributed by atoms with Gasteiger partial charge in [-0.25, -0.2) is 4.79 Å². The van der Waals surface area contributed by atoms with E-state index >= 15 is 0 Å². The molecule has 1 saturated heterocycles. The third kappa shape index (κ3) is 4.51. The van der Waals surface area contributed by atoms with Crippen molar-refractivity contribution < 1.29 is 18.7 Å². The largest absolute Gasteiger partial charge is 0.467 e. The van der Waals surface area contributed by atoms with E-state index in [1.807, 2.05) is 18.2 Å². The second-order valence-electron chi connectivity index (χ2n) is 9.61. The highest BCUT2D eigenvalue weighted by atomic mass is 28.4. The summed E-state index contributed by atoms with van der Waals surface area (Å²) in [6, 6.07) is 10.2. The molecule has 0 bridgehead atoms. The number of methoxy groups -OCH3 is 1. The molecule has 5 nitrogen and oxygen atoms in total. The molecule has 0 spiro atoms. The normalized spacial score (nSPS) is 24.0. The minimum Gasteiger partial charge on any atom is -0.467 e. The summed E-state index contributed by atoms with van der Waals surface area (Å²) in [5.74, 6) is -0.124. The summed E-state index contributed by atoms with van der Waals surface area (Å²) < 4.78 is 18.0. The first-order valence-electron chi connectivity index (χ1n) is 10.1. The van der Waals surface area contributed by atoms with Crippen molar-refractivity contribution in [2.45, 2.75) is 70.9 Å². The Hall–Kier alpha value is -1.21. The number of nitrogens with zero attached hydrogens (tertiary/aromatic N) is 1. The Labute approximate surface area is 171 Å². The molecule has 0 unspecified atom stereocenters. The summed E-state index contributed by atoms with van der Waals surface area (Å²) in [4.78, 5) is 15.3. The van der Waals surface area contributed by atoms with Crippen molar-refractivity contribution in [1.29, 1.82) is 0 Å². The molecule has 158 valence electrons. The number of hydrogen-bond donors (Lipinski definition) is 0. The molecule has 0 aliphatic carbocycles. The van der Waals surface area contributed by atoms with Gasteiger partial charge in [0.15, 0.2) is 13.9 Å². The third-order valence-electron chi connectivity index (χ3n) is 6.26. The van der Waals surface area contributed by atoms with Gasteiger partial charge in [-0.05, 0) is 29.6 Å². The van der Waals surface area contributed by atoms with Crippen LogP contribution in [0.3, 0.4) is 0 Å². The Balaban J connectivity index is 2.41. The van der Waals surface area contributed by atoms with Gasteiger partial charge in [0.1, 0.15) is 6.73 Å². The summed E-state index contributed by atoms with van der Waals surface area (Å²) >= 11 is 0. The molecule has 0 saturated carbocycles. The van der Waals surface area contributed by atoms with Crippen molar-refractivity contribution >= 4 is 14.3 Å². The molecule has 0 amide bonds. The van der Waals surface area contributed by atoms with E-state index in [2.05, 4.69) is 64.7 Å². The highest BCUT2D eigenvalue weighted by Crippen LogP contribution is 2.41. The van der Waals surface area contributed by atoms with Crippen LogP contribution in [-0.2, 0) is 25.2 Å². The molecule has 28 heavy (non-hydrogen) atoms. The van der Waals surface area contributed by atoms with Crippen molar-refractivity contribution in [3.63, 3.8) is 0 Å². The number of ether oxygens (including phenoxy) is 2. The van der Waals surface area contributed by atoms with E-state index < -0.39 is 13.9 Å². The number of benzene rings is 1. The van der Waals surface area contributed by atoms with Gasteiger partial charge in [-0.3, -0.25) is 4.90 Å². The van der Waals surface area contributed by atoms with E-state index in [1.165, 1.54) is 7.11 Å². The van der Waals surface area contributed by atoms with Gasteiger partial charge in [0.25, 0.3) is 0 Å². The number of hydrogen-bond acceptors (Lipinski definition) is 5. The molecule has 1 fully saturated rings. The van der Waals surface area contributed by atoms with Crippen molar-refractivity contribution in [2.75, 3.05) is 20.4 Å². The van der Waals surface area contributed by atoms with Gasteiger partial charge in [-0.1, -0.05) is 65.0 Å². The first-order chi connectivity index (χ1) is 13.0. The maximum absolute atomic E-state index is 13.2. The molecule has 6 heteroatoms. The first-order valence-corrected chi connectivity index (χ1v) is 13.0. The van der Waals surface area contributed by atoms with Gasteiger partial charge < -0.3 is 13.9 Å². The van der Waals surface area contributed by atoms with E-state index in [1.54, 1.807) is 0 Å².